The Hall–Kier alpha value is -2.64. The Bertz CT molecular complexity index is 789. The number of halogens is 1. The molecule has 7 nitrogen and oxygen atoms in total. The maximum absolute atomic E-state index is 13.2. The number of rotatable bonds is 4. The molecule has 1 aliphatic heterocycles. The van der Waals surface area contributed by atoms with E-state index in [1.165, 1.54) is 24.3 Å². The predicted molar refractivity (Wildman–Crippen MR) is 116 cm³/mol. The lowest BCUT2D eigenvalue weighted by Gasteiger charge is -2.38. The molecular weight excluding hydrogens is 401 g/mol. The highest BCUT2D eigenvalue weighted by molar-refractivity contribution is 5.94. The zero-order chi connectivity index (χ0) is 23.4. The van der Waals surface area contributed by atoms with Crippen molar-refractivity contribution in [2.75, 3.05) is 13.1 Å². The van der Waals surface area contributed by atoms with E-state index in [0.717, 1.165) is 0 Å². The summed E-state index contributed by atoms with van der Waals surface area (Å²) in [6.07, 6.45) is 0.575. The van der Waals surface area contributed by atoms with Gasteiger partial charge in [0.05, 0.1) is 0 Å². The number of likely N-dealkylation sites (tertiary alicyclic amines) is 1. The second-order valence-electron chi connectivity index (χ2n) is 10.0. The monoisotopic (exact) mass is 435 g/mol. The van der Waals surface area contributed by atoms with Crippen molar-refractivity contribution in [1.82, 2.24) is 15.5 Å². The molecule has 2 rings (SSSR count). The standard InChI is InChI=1S/C23H34FN3O4/c1-22(2,3)18(26-21(30)31-23(4,5)6)20(29)27-13-11-17(12-14-27)25-19(28)15-7-9-16(24)10-8-15/h7-10,17-18H,11-14H2,1-6H3,(H,25,28)(H,26,30)/t18-/m1/s1. The minimum Gasteiger partial charge on any atom is -0.444 e. The molecule has 0 bridgehead atoms. The number of nitrogens with one attached hydrogen (secondary N) is 2. The van der Waals surface area contributed by atoms with E-state index >= 15 is 0 Å². The topological polar surface area (TPSA) is 87.7 Å². The maximum atomic E-state index is 13.2. The first-order valence-electron chi connectivity index (χ1n) is 10.6. The predicted octanol–water partition coefficient (Wildman–Crippen LogP) is 3.49. The SMILES string of the molecule is CC(C)(C)OC(=O)N[C@H](C(=O)N1CCC(NC(=O)c2ccc(F)cc2)CC1)C(C)(C)C. The number of alkyl carbamates (subject to hydrolysis) is 1. The molecular formula is C23H34FN3O4. The minimum absolute atomic E-state index is 0.0755. The number of nitrogens with zero attached hydrogens (tertiary/aromatic N) is 1. The molecule has 0 aliphatic carbocycles. The molecule has 0 aromatic heterocycles. The lowest BCUT2D eigenvalue weighted by Crippen LogP contribution is -2.57. The van der Waals surface area contributed by atoms with Crippen LogP contribution in [0.25, 0.3) is 0 Å². The highest BCUT2D eigenvalue weighted by Gasteiger charge is 2.38. The molecule has 1 fully saturated rings. The summed E-state index contributed by atoms with van der Waals surface area (Å²) in [6.45, 7) is 11.9. The van der Waals surface area contributed by atoms with Crippen LogP contribution in [-0.4, -0.2) is 53.6 Å². The van der Waals surface area contributed by atoms with Crippen LogP contribution in [0.1, 0.15) is 64.7 Å². The molecule has 0 spiro atoms. The Morgan fingerprint density at radius 1 is 1.03 bits per heavy atom. The second-order valence-corrected chi connectivity index (χ2v) is 10.0. The van der Waals surface area contributed by atoms with Crippen molar-refractivity contribution in [3.05, 3.63) is 35.6 Å². The van der Waals surface area contributed by atoms with Gasteiger partial charge in [-0.15, -0.1) is 0 Å². The second kappa shape index (κ2) is 9.66. The molecule has 1 aromatic rings. The molecule has 0 unspecified atom stereocenters. The van der Waals surface area contributed by atoms with Gasteiger partial charge in [0.1, 0.15) is 17.5 Å². The number of hydrogen-bond acceptors (Lipinski definition) is 4. The van der Waals surface area contributed by atoms with E-state index in [1.807, 2.05) is 20.8 Å². The number of carbonyl (C=O) groups is 3. The molecule has 1 saturated heterocycles. The third-order valence-electron chi connectivity index (χ3n) is 5.02. The Morgan fingerprint density at radius 2 is 1.58 bits per heavy atom. The van der Waals surface area contributed by atoms with Gasteiger partial charge in [0.25, 0.3) is 5.91 Å². The first-order chi connectivity index (χ1) is 14.3. The summed E-state index contributed by atoms with van der Waals surface area (Å²) in [5, 5.41) is 5.67. The van der Waals surface area contributed by atoms with E-state index in [-0.39, 0.29) is 17.9 Å². The first kappa shape index (κ1) is 24.6. The average Bonchev–Trinajstić information content (AvgIpc) is 2.64. The summed E-state index contributed by atoms with van der Waals surface area (Å²) in [4.78, 5) is 39.5. The van der Waals surface area contributed by atoms with Crippen LogP contribution >= 0.6 is 0 Å². The fraction of sp³-hybridized carbons (Fsp3) is 0.609. The van der Waals surface area contributed by atoms with Crippen LogP contribution < -0.4 is 10.6 Å². The van der Waals surface area contributed by atoms with E-state index < -0.39 is 29.0 Å². The van der Waals surface area contributed by atoms with Crippen molar-refractivity contribution in [3.63, 3.8) is 0 Å². The van der Waals surface area contributed by atoms with Gasteiger partial charge >= 0.3 is 6.09 Å². The van der Waals surface area contributed by atoms with Crippen LogP contribution in [0, 0.1) is 11.2 Å². The zero-order valence-corrected chi connectivity index (χ0v) is 19.3. The van der Waals surface area contributed by atoms with Crippen LogP contribution in [0.2, 0.25) is 0 Å². The van der Waals surface area contributed by atoms with Crippen molar-refractivity contribution in [2.24, 2.45) is 5.41 Å². The van der Waals surface area contributed by atoms with Crippen molar-refractivity contribution in [2.45, 2.75) is 72.1 Å². The van der Waals surface area contributed by atoms with Crippen LogP contribution in [0.5, 0.6) is 0 Å². The average molecular weight is 436 g/mol. The number of benzene rings is 1. The fourth-order valence-electron chi connectivity index (χ4n) is 3.37. The molecule has 31 heavy (non-hydrogen) atoms. The molecule has 3 amide bonds. The lowest BCUT2D eigenvalue weighted by atomic mass is 9.85. The summed E-state index contributed by atoms with van der Waals surface area (Å²) in [5.41, 5.74) is -0.757. The molecule has 0 saturated carbocycles. The number of amides is 3. The third kappa shape index (κ3) is 7.52. The third-order valence-corrected chi connectivity index (χ3v) is 5.02. The minimum atomic E-state index is -0.729. The number of ether oxygens (including phenoxy) is 1. The summed E-state index contributed by atoms with van der Waals surface area (Å²) in [6, 6.07) is 4.58. The Labute approximate surface area is 183 Å². The van der Waals surface area contributed by atoms with Crippen LogP contribution in [0.3, 0.4) is 0 Å². The lowest BCUT2D eigenvalue weighted by molar-refractivity contribution is -0.137. The van der Waals surface area contributed by atoms with Crippen LogP contribution in [-0.2, 0) is 9.53 Å². The van der Waals surface area contributed by atoms with Gasteiger partial charge in [0, 0.05) is 24.7 Å². The molecule has 1 aromatic carbocycles. The Kier molecular flexibility index (Phi) is 7.68. The highest BCUT2D eigenvalue weighted by Crippen LogP contribution is 2.24. The first-order valence-corrected chi connectivity index (χ1v) is 10.6. The van der Waals surface area contributed by atoms with E-state index in [1.54, 1.807) is 25.7 Å². The highest BCUT2D eigenvalue weighted by atomic mass is 19.1. The van der Waals surface area contributed by atoms with Gasteiger partial charge in [0.2, 0.25) is 5.91 Å². The molecule has 172 valence electrons. The quantitative estimate of drug-likeness (QED) is 0.758. The molecule has 1 heterocycles. The molecule has 2 N–H and O–H groups in total. The normalized spacial score (nSPS) is 16.4. The van der Waals surface area contributed by atoms with Crippen molar-refractivity contribution in [3.8, 4) is 0 Å². The van der Waals surface area contributed by atoms with Gasteiger partial charge in [0.15, 0.2) is 0 Å². The van der Waals surface area contributed by atoms with Gasteiger partial charge in [-0.25, -0.2) is 9.18 Å². The van der Waals surface area contributed by atoms with Crippen molar-refractivity contribution in [1.29, 1.82) is 0 Å². The Balaban J connectivity index is 1.94. The van der Waals surface area contributed by atoms with Gasteiger partial charge < -0.3 is 20.3 Å². The molecule has 1 aliphatic rings. The number of hydrogen-bond donors (Lipinski definition) is 2. The van der Waals surface area contributed by atoms with Crippen LogP contribution in [0.15, 0.2) is 24.3 Å². The number of carbonyl (C=O) groups excluding carboxylic acids is 3. The largest absolute Gasteiger partial charge is 0.444 e. The van der Waals surface area contributed by atoms with E-state index in [4.69, 9.17) is 4.74 Å². The Morgan fingerprint density at radius 3 is 2.06 bits per heavy atom. The van der Waals surface area contributed by atoms with E-state index in [0.29, 0.717) is 31.5 Å². The zero-order valence-electron chi connectivity index (χ0n) is 19.3. The van der Waals surface area contributed by atoms with E-state index in [9.17, 15) is 18.8 Å². The summed E-state index contributed by atoms with van der Waals surface area (Å²) < 4.78 is 18.4. The smallest absolute Gasteiger partial charge is 0.408 e. The summed E-state index contributed by atoms with van der Waals surface area (Å²) in [7, 11) is 0. The van der Waals surface area contributed by atoms with Gasteiger partial charge in [-0.3, -0.25) is 9.59 Å². The molecule has 1 atom stereocenters. The van der Waals surface area contributed by atoms with Crippen LogP contribution in [0.4, 0.5) is 9.18 Å². The van der Waals surface area contributed by atoms with Gasteiger partial charge in [-0.05, 0) is 63.3 Å². The fourth-order valence-corrected chi connectivity index (χ4v) is 3.37. The van der Waals surface area contributed by atoms with E-state index in [2.05, 4.69) is 10.6 Å². The van der Waals surface area contributed by atoms with Crippen molar-refractivity contribution >= 4 is 17.9 Å². The van der Waals surface area contributed by atoms with Gasteiger partial charge in [-0.2, -0.15) is 0 Å². The number of piperidine rings is 1. The molecule has 8 heteroatoms. The van der Waals surface area contributed by atoms with Gasteiger partial charge in [-0.1, -0.05) is 20.8 Å². The molecule has 0 radical (unpaired) electrons. The maximum Gasteiger partial charge on any atom is 0.408 e. The summed E-state index contributed by atoms with van der Waals surface area (Å²) in [5.74, 6) is -0.817. The van der Waals surface area contributed by atoms with Crippen molar-refractivity contribution < 1.29 is 23.5 Å². The summed E-state index contributed by atoms with van der Waals surface area (Å²) >= 11 is 0.